The van der Waals surface area contributed by atoms with E-state index in [1.54, 1.807) is 12.2 Å². The molecule has 0 bridgehead atoms. The summed E-state index contributed by atoms with van der Waals surface area (Å²) in [6.45, 7) is 0. The number of allylic oxidation sites excluding steroid dienone is 2. The quantitative estimate of drug-likeness (QED) is 0.405. The second-order valence-corrected chi connectivity index (χ2v) is 1.34. The Bertz CT molecular complexity index is 161. The average molecular weight is 103 g/mol. The maximum atomic E-state index is 5.32. The van der Waals surface area contributed by atoms with Gasteiger partial charge in [0.15, 0.2) is 0 Å². The second kappa shape index (κ2) is 2.50. The summed E-state index contributed by atoms with van der Waals surface area (Å²) in [5, 5.41) is 4.04. The molecule has 0 saturated heterocycles. The molecule has 2 radical (unpaired) electrons. The van der Waals surface area contributed by atoms with Gasteiger partial charge in [0.1, 0.15) is 0 Å². The summed E-state index contributed by atoms with van der Waals surface area (Å²) < 4.78 is 0. The summed E-state index contributed by atoms with van der Waals surface area (Å²) in [6.07, 6.45) is 4.84. The van der Waals surface area contributed by atoms with Crippen LogP contribution >= 0.6 is 0 Å². The van der Waals surface area contributed by atoms with Gasteiger partial charge in [-0.15, -0.1) is 0 Å². The van der Waals surface area contributed by atoms with E-state index in [2.05, 4.69) is 9.90 Å². The monoisotopic (exact) mass is 103 g/mol. The van der Waals surface area contributed by atoms with Gasteiger partial charge in [-0.25, -0.2) is 0 Å². The first-order chi connectivity index (χ1) is 3.89. The summed E-state index contributed by atoms with van der Waals surface area (Å²) in [7, 11) is 6.76. The zero-order chi connectivity index (χ0) is 5.82. The molecule has 1 rings (SSSR count). The van der Waals surface area contributed by atoms with Gasteiger partial charge in [-0.2, -0.15) is 0 Å². The van der Waals surface area contributed by atoms with Crippen LogP contribution in [0.1, 0.15) is 0 Å². The van der Waals surface area contributed by atoms with Gasteiger partial charge >= 0.3 is 48.6 Å². The van der Waals surface area contributed by atoms with Crippen molar-refractivity contribution in [3.05, 3.63) is 23.8 Å². The van der Waals surface area contributed by atoms with Gasteiger partial charge in [0.2, 0.25) is 0 Å². The summed E-state index contributed by atoms with van der Waals surface area (Å²) >= 11 is 0. The molecular weight excluding hydrogens is 99.7 g/mol. The molecule has 1 aliphatic heterocycles. The first kappa shape index (κ1) is 5.35. The normalized spacial score (nSPS) is 15.8. The summed E-state index contributed by atoms with van der Waals surface area (Å²) in [5.41, 5.74) is 0. The molecule has 0 N–H and O–H groups in total. The zero-order valence-corrected chi connectivity index (χ0v) is 4.24. The van der Waals surface area contributed by atoms with Crippen molar-refractivity contribution in [2.45, 2.75) is 0 Å². The molecule has 0 fully saturated rings. The molecule has 4 heteroatoms. The fourth-order valence-electron chi connectivity index (χ4n) is 0.355. The van der Waals surface area contributed by atoms with Gasteiger partial charge in [-0.05, 0) is 0 Å². The second-order valence-electron chi connectivity index (χ2n) is 1.34. The van der Waals surface area contributed by atoms with Crippen LogP contribution in [-0.4, -0.2) is 14.9 Å². The van der Waals surface area contributed by atoms with Crippen LogP contribution < -0.4 is 0 Å². The van der Waals surface area contributed by atoms with Crippen molar-refractivity contribution < 1.29 is 4.84 Å². The molecule has 0 aromatic carbocycles. The number of nitrogens with zero attached hydrogens (tertiary/aromatic N) is 1. The summed E-state index contributed by atoms with van der Waals surface area (Å²) in [6, 6.07) is 0. The van der Waals surface area contributed by atoms with E-state index < -0.39 is 0 Å². The molecule has 1 heterocycles. The topological polar surface area (TPSA) is 21.6 Å². The Morgan fingerprint density at radius 2 is 2.62 bits per heavy atom. The van der Waals surface area contributed by atoms with E-state index >= 15 is 0 Å². The van der Waals surface area contributed by atoms with Crippen LogP contribution in [0.15, 0.2) is 28.8 Å². The van der Waals surface area contributed by atoms with Crippen molar-refractivity contribution >= 4 is 14.9 Å². The standard InChI is InChI=1S/C4H3B2NO/c5-4-2-1-3-8-7-6-4/h1-3H. The van der Waals surface area contributed by atoms with E-state index in [1.807, 2.05) is 0 Å². The van der Waals surface area contributed by atoms with E-state index in [0.29, 0.717) is 5.37 Å². The summed E-state index contributed by atoms with van der Waals surface area (Å²) in [5.74, 6) is 0. The van der Waals surface area contributed by atoms with Crippen LogP contribution in [0.4, 0.5) is 0 Å². The molecule has 0 spiro atoms. The molecule has 0 amide bonds. The van der Waals surface area contributed by atoms with Crippen molar-refractivity contribution in [3.63, 3.8) is 0 Å². The van der Waals surface area contributed by atoms with E-state index in [4.69, 9.17) is 7.85 Å². The molecule has 2 nitrogen and oxygen atoms in total. The van der Waals surface area contributed by atoms with Crippen LogP contribution in [0.25, 0.3) is 0 Å². The van der Waals surface area contributed by atoms with E-state index in [-0.39, 0.29) is 0 Å². The van der Waals surface area contributed by atoms with Gasteiger partial charge in [-0.1, -0.05) is 0 Å². The third kappa shape index (κ3) is 1.37. The molecule has 0 atom stereocenters. The fourth-order valence-corrected chi connectivity index (χ4v) is 0.355. The van der Waals surface area contributed by atoms with Gasteiger partial charge < -0.3 is 0 Å². The number of hydrogen-bond donors (Lipinski definition) is 0. The average Bonchev–Trinajstić information content (AvgIpc) is 1.94. The Balaban J connectivity index is 2.73. The van der Waals surface area contributed by atoms with E-state index in [1.165, 1.54) is 13.3 Å². The first-order valence-corrected chi connectivity index (χ1v) is 2.21. The predicted molar refractivity (Wildman–Crippen MR) is 32.2 cm³/mol. The van der Waals surface area contributed by atoms with Crippen molar-refractivity contribution in [2.75, 3.05) is 0 Å². The first-order valence-electron chi connectivity index (χ1n) is 2.21. The minimum atomic E-state index is 0.596. The maximum absolute atomic E-state index is 5.32. The van der Waals surface area contributed by atoms with Crippen molar-refractivity contribution in [1.82, 2.24) is 0 Å². The third-order valence-electron chi connectivity index (χ3n) is 0.691. The molecule has 8 heavy (non-hydrogen) atoms. The van der Waals surface area contributed by atoms with Crippen LogP contribution in [0.3, 0.4) is 0 Å². The zero-order valence-electron chi connectivity index (χ0n) is 4.24. The Kier molecular flexibility index (Phi) is 1.67. The van der Waals surface area contributed by atoms with Gasteiger partial charge in [0, 0.05) is 0 Å². The SMILES string of the molecule is [B]C1=CC=CON=B1. The van der Waals surface area contributed by atoms with E-state index in [0.717, 1.165) is 0 Å². The van der Waals surface area contributed by atoms with Crippen LogP contribution in [-0.2, 0) is 4.84 Å². The fraction of sp³-hybridized carbons (Fsp3) is 0. The van der Waals surface area contributed by atoms with Gasteiger partial charge in [0.25, 0.3) is 0 Å². The number of hydrogen-bond acceptors (Lipinski definition) is 2. The third-order valence-corrected chi connectivity index (χ3v) is 0.691. The van der Waals surface area contributed by atoms with Gasteiger partial charge in [-0.3, -0.25) is 0 Å². The van der Waals surface area contributed by atoms with Crippen molar-refractivity contribution in [3.8, 4) is 0 Å². The molecule has 0 saturated carbocycles. The Hall–Kier alpha value is -0.790. The van der Waals surface area contributed by atoms with Crippen LogP contribution in [0, 0.1) is 0 Å². The molecule has 0 aliphatic carbocycles. The molecular formula is C4H3B2NO. The molecule has 36 valence electrons. The van der Waals surface area contributed by atoms with Crippen molar-refractivity contribution in [1.29, 1.82) is 0 Å². The van der Waals surface area contributed by atoms with Gasteiger partial charge in [0.05, 0.1) is 0 Å². The Morgan fingerprint density at radius 3 is 3.50 bits per heavy atom. The predicted octanol–water partition coefficient (Wildman–Crippen LogP) is 0.343. The number of rotatable bonds is 0. The van der Waals surface area contributed by atoms with Crippen molar-refractivity contribution in [2.24, 2.45) is 5.06 Å². The van der Waals surface area contributed by atoms with Crippen LogP contribution in [0.2, 0.25) is 0 Å². The molecule has 0 aromatic rings. The Morgan fingerprint density at radius 1 is 1.75 bits per heavy atom. The minimum absolute atomic E-state index is 0.596. The summed E-state index contributed by atoms with van der Waals surface area (Å²) in [4.78, 5) is 4.52. The Labute approximate surface area is 49.6 Å². The molecule has 1 aliphatic rings. The van der Waals surface area contributed by atoms with E-state index in [9.17, 15) is 0 Å². The molecule has 0 aromatic heterocycles. The van der Waals surface area contributed by atoms with Crippen LogP contribution in [0.5, 0.6) is 0 Å². The molecule has 0 unspecified atom stereocenters.